The lowest BCUT2D eigenvalue weighted by Crippen LogP contribution is -2.28. The van der Waals surface area contributed by atoms with E-state index in [2.05, 4.69) is 27.3 Å². The molecule has 2 aromatic rings. The van der Waals surface area contributed by atoms with Gasteiger partial charge in [0.25, 0.3) is 5.91 Å². The summed E-state index contributed by atoms with van der Waals surface area (Å²) in [6.45, 7) is 5.92. The Bertz CT molecular complexity index is 684. The van der Waals surface area contributed by atoms with E-state index >= 15 is 0 Å². The summed E-state index contributed by atoms with van der Waals surface area (Å²) in [5, 5.41) is 2.84. The first-order valence-electron chi connectivity index (χ1n) is 6.72. The van der Waals surface area contributed by atoms with Crippen LogP contribution in [0.2, 0.25) is 0 Å². The van der Waals surface area contributed by atoms with Crippen molar-refractivity contribution in [1.82, 2.24) is 5.32 Å². The van der Waals surface area contributed by atoms with Crippen molar-refractivity contribution in [2.45, 2.75) is 26.8 Å². The molecule has 21 heavy (non-hydrogen) atoms. The number of hydrogen-bond acceptors (Lipinski definition) is 1. The molecule has 110 valence electrons. The Morgan fingerprint density at radius 1 is 1.24 bits per heavy atom. The highest BCUT2D eigenvalue weighted by atomic mass is 79.9. The van der Waals surface area contributed by atoms with Gasteiger partial charge in [-0.15, -0.1) is 0 Å². The Labute approximate surface area is 132 Å². The van der Waals surface area contributed by atoms with Gasteiger partial charge < -0.3 is 5.32 Å². The van der Waals surface area contributed by atoms with Crippen molar-refractivity contribution in [3.8, 4) is 0 Å². The van der Waals surface area contributed by atoms with Crippen LogP contribution in [-0.4, -0.2) is 5.91 Å². The van der Waals surface area contributed by atoms with Crippen LogP contribution in [-0.2, 0) is 0 Å². The summed E-state index contributed by atoms with van der Waals surface area (Å²) in [5.74, 6) is -0.955. The number of rotatable bonds is 3. The lowest BCUT2D eigenvalue weighted by Gasteiger charge is -2.17. The molecule has 0 aliphatic heterocycles. The summed E-state index contributed by atoms with van der Waals surface area (Å²) in [4.78, 5) is 12.2. The van der Waals surface area contributed by atoms with E-state index in [1.54, 1.807) is 12.1 Å². The fourth-order valence-electron chi connectivity index (χ4n) is 2.34. The maximum atomic E-state index is 13.9. The first-order chi connectivity index (χ1) is 9.90. The van der Waals surface area contributed by atoms with Crippen LogP contribution in [0.5, 0.6) is 0 Å². The van der Waals surface area contributed by atoms with Crippen LogP contribution in [0.25, 0.3) is 0 Å². The molecule has 0 bridgehead atoms. The van der Waals surface area contributed by atoms with Gasteiger partial charge in [-0.25, -0.2) is 4.39 Å². The monoisotopic (exact) mass is 349 g/mol. The van der Waals surface area contributed by atoms with Gasteiger partial charge in [0.15, 0.2) is 0 Å². The van der Waals surface area contributed by atoms with Crippen molar-refractivity contribution in [2.24, 2.45) is 0 Å². The molecule has 0 fully saturated rings. The van der Waals surface area contributed by atoms with Gasteiger partial charge in [0.05, 0.1) is 16.1 Å². The fraction of sp³-hybridized carbons (Fsp3) is 0.235. The van der Waals surface area contributed by atoms with Crippen molar-refractivity contribution < 1.29 is 9.18 Å². The number of hydrogen-bond donors (Lipinski definition) is 1. The molecule has 1 amide bonds. The normalized spacial score (nSPS) is 12.0. The van der Waals surface area contributed by atoms with Gasteiger partial charge in [-0.05, 0) is 60.0 Å². The molecule has 0 aliphatic carbocycles. The fourth-order valence-corrected chi connectivity index (χ4v) is 2.71. The predicted molar refractivity (Wildman–Crippen MR) is 85.9 cm³/mol. The number of nitrogens with one attached hydrogen (secondary N) is 1. The maximum Gasteiger partial charge on any atom is 0.254 e. The molecule has 2 nitrogen and oxygen atoms in total. The zero-order chi connectivity index (χ0) is 15.6. The molecule has 0 radical (unpaired) electrons. The zero-order valence-corrected chi connectivity index (χ0v) is 13.8. The molecule has 0 spiro atoms. The van der Waals surface area contributed by atoms with Crippen LogP contribution < -0.4 is 5.32 Å². The smallest absolute Gasteiger partial charge is 0.254 e. The Hall–Kier alpha value is -1.68. The van der Waals surface area contributed by atoms with E-state index in [0.717, 1.165) is 11.1 Å². The third kappa shape index (κ3) is 3.50. The third-order valence-corrected chi connectivity index (χ3v) is 4.05. The summed E-state index contributed by atoms with van der Waals surface area (Å²) >= 11 is 3.09. The topological polar surface area (TPSA) is 29.1 Å². The van der Waals surface area contributed by atoms with Gasteiger partial charge >= 0.3 is 0 Å². The summed E-state index contributed by atoms with van der Waals surface area (Å²) in [6.07, 6.45) is 0. The first-order valence-corrected chi connectivity index (χ1v) is 7.51. The number of carbonyl (C=O) groups is 1. The minimum atomic E-state index is -0.539. The maximum absolute atomic E-state index is 13.9. The number of benzene rings is 2. The number of halogens is 2. The second-order valence-corrected chi connectivity index (χ2v) is 6.01. The molecule has 4 heteroatoms. The van der Waals surface area contributed by atoms with E-state index in [4.69, 9.17) is 0 Å². The Morgan fingerprint density at radius 3 is 2.62 bits per heavy atom. The molecule has 0 saturated heterocycles. The highest BCUT2D eigenvalue weighted by Crippen LogP contribution is 2.21. The minimum absolute atomic E-state index is 0.0426. The van der Waals surface area contributed by atoms with Crippen LogP contribution in [0.15, 0.2) is 40.9 Å². The average Bonchev–Trinajstić information content (AvgIpc) is 2.41. The molecule has 0 aromatic heterocycles. The van der Waals surface area contributed by atoms with Gasteiger partial charge in [-0.1, -0.05) is 29.8 Å². The van der Waals surface area contributed by atoms with E-state index in [-0.39, 0.29) is 16.1 Å². The van der Waals surface area contributed by atoms with Crippen molar-refractivity contribution in [3.63, 3.8) is 0 Å². The van der Waals surface area contributed by atoms with Crippen molar-refractivity contribution >= 4 is 21.8 Å². The van der Waals surface area contributed by atoms with Crippen LogP contribution in [0, 0.1) is 19.7 Å². The standard InChI is InChI=1S/C17H17BrFNO/c1-10-7-8-13(11(2)9-10)12(3)20-17(21)14-5-4-6-15(18)16(14)19/h4-9,12H,1-3H3,(H,20,21). The number of amides is 1. The Balaban J connectivity index is 2.21. The quantitative estimate of drug-likeness (QED) is 0.855. The van der Waals surface area contributed by atoms with E-state index in [1.807, 2.05) is 32.9 Å². The zero-order valence-electron chi connectivity index (χ0n) is 12.2. The van der Waals surface area contributed by atoms with Crippen LogP contribution in [0.3, 0.4) is 0 Å². The summed E-state index contributed by atoms with van der Waals surface area (Å²) in [5.41, 5.74) is 3.36. The van der Waals surface area contributed by atoms with Crippen molar-refractivity contribution in [2.75, 3.05) is 0 Å². The second kappa shape index (κ2) is 6.39. The molecule has 2 rings (SSSR count). The molecular weight excluding hydrogens is 333 g/mol. The van der Waals surface area contributed by atoms with Gasteiger partial charge in [-0.3, -0.25) is 4.79 Å². The first kappa shape index (κ1) is 15.7. The largest absolute Gasteiger partial charge is 0.345 e. The second-order valence-electron chi connectivity index (χ2n) is 5.16. The molecule has 1 unspecified atom stereocenters. The van der Waals surface area contributed by atoms with E-state index < -0.39 is 11.7 Å². The lowest BCUT2D eigenvalue weighted by molar-refractivity contribution is 0.0935. The lowest BCUT2D eigenvalue weighted by atomic mass is 10.00. The molecule has 0 saturated carbocycles. The van der Waals surface area contributed by atoms with Gasteiger partial charge in [0.2, 0.25) is 0 Å². The molecular formula is C17H17BrFNO. The van der Waals surface area contributed by atoms with E-state index in [9.17, 15) is 9.18 Å². The van der Waals surface area contributed by atoms with Crippen LogP contribution in [0.1, 0.15) is 40.0 Å². The number of carbonyl (C=O) groups excluding carboxylic acids is 1. The SMILES string of the molecule is Cc1ccc(C(C)NC(=O)c2cccc(Br)c2F)c(C)c1. The molecule has 1 N–H and O–H groups in total. The van der Waals surface area contributed by atoms with Gasteiger partial charge in [0.1, 0.15) is 5.82 Å². The van der Waals surface area contributed by atoms with E-state index in [0.29, 0.717) is 0 Å². The summed E-state index contributed by atoms with van der Waals surface area (Å²) < 4.78 is 14.2. The highest BCUT2D eigenvalue weighted by molar-refractivity contribution is 9.10. The predicted octanol–water partition coefficient (Wildman–Crippen LogP) is 4.70. The molecule has 0 heterocycles. The van der Waals surface area contributed by atoms with Crippen molar-refractivity contribution in [3.05, 3.63) is 68.9 Å². The third-order valence-electron chi connectivity index (χ3n) is 3.44. The van der Waals surface area contributed by atoms with Gasteiger partial charge in [-0.2, -0.15) is 0 Å². The summed E-state index contributed by atoms with van der Waals surface area (Å²) in [6, 6.07) is 10.6. The molecule has 1 atom stereocenters. The van der Waals surface area contributed by atoms with E-state index in [1.165, 1.54) is 11.6 Å². The molecule has 2 aromatic carbocycles. The Morgan fingerprint density at radius 2 is 1.95 bits per heavy atom. The minimum Gasteiger partial charge on any atom is -0.345 e. The van der Waals surface area contributed by atoms with Crippen LogP contribution >= 0.6 is 15.9 Å². The average molecular weight is 350 g/mol. The Kier molecular flexibility index (Phi) is 4.78. The van der Waals surface area contributed by atoms with Crippen LogP contribution in [0.4, 0.5) is 4.39 Å². The number of aryl methyl sites for hydroxylation is 2. The van der Waals surface area contributed by atoms with Gasteiger partial charge in [0, 0.05) is 0 Å². The van der Waals surface area contributed by atoms with Crippen molar-refractivity contribution in [1.29, 1.82) is 0 Å². The molecule has 0 aliphatic rings. The highest BCUT2D eigenvalue weighted by Gasteiger charge is 2.17. The summed E-state index contributed by atoms with van der Waals surface area (Å²) in [7, 11) is 0.